The molecule has 2 aromatic rings. The van der Waals surface area contributed by atoms with E-state index in [1.807, 2.05) is 17.9 Å². The first kappa shape index (κ1) is 13.7. The van der Waals surface area contributed by atoms with Gasteiger partial charge in [-0.05, 0) is 31.4 Å². The van der Waals surface area contributed by atoms with Gasteiger partial charge in [-0.3, -0.25) is 5.10 Å². The number of nitrogens with one attached hydrogen (secondary N) is 2. The van der Waals surface area contributed by atoms with E-state index in [0.29, 0.717) is 13.1 Å². The predicted molar refractivity (Wildman–Crippen MR) is 80.7 cm³/mol. The van der Waals surface area contributed by atoms with Gasteiger partial charge in [0.2, 0.25) is 0 Å². The highest BCUT2D eigenvalue weighted by Crippen LogP contribution is 2.23. The number of urea groups is 1. The smallest absolute Gasteiger partial charge is 0.318 e. The number of H-pyrrole nitrogens is 1. The first-order chi connectivity index (χ1) is 10.1. The molecule has 0 spiro atoms. The Labute approximate surface area is 124 Å². The summed E-state index contributed by atoms with van der Waals surface area (Å²) in [6.45, 7) is 5.23. The SMILES string of the molecule is Cc1[nH]ncc1CNC(=O)N1Cc2ccccc2CC1C. The molecule has 0 fully saturated rings. The lowest BCUT2D eigenvalue weighted by molar-refractivity contribution is 0.168. The molecule has 0 aliphatic carbocycles. The zero-order valence-electron chi connectivity index (χ0n) is 12.4. The molecule has 0 radical (unpaired) electrons. The van der Waals surface area contributed by atoms with Crippen molar-refractivity contribution in [2.45, 2.75) is 39.4 Å². The third-order valence-electron chi connectivity index (χ3n) is 4.13. The second-order valence-corrected chi connectivity index (χ2v) is 5.63. The molecule has 2 heterocycles. The van der Waals surface area contributed by atoms with E-state index in [2.05, 4.69) is 40.6 Å². The molecule has 0 saturated heterocycles. The molecule has 1 aromatic carbocycles. The summed E-state index contributed by atoms with van der Waals surface area (Å²) in [5.74, 6) is 0. The molecule has 2 amide bonds. The van der Waals surface area contributed by atoms with Gasteiger partial charge in [0, 0.05) is 30.4 Å². The van der Waals surface area contributed by atoms with Crippen molar-refractivity contribution in [3.63, 3.8) is 0 Å². The quantitative estimate of drug-likeness (QED) is 0.889. The van der Waals surface area contributed by atoms with Crippen LogP contribution in [0.3, 0.4) is 0 Å². The molecule has 0 saturated carbocycles. The highest BCUT2D eigenvalue weighted by Gasteiger charge is 2.26. The van der Waals surface area contributed by atoms with Gasteiger partial charge in [0.25, 0.3) is 0 Å². The summed E-state index contributed by atoms with van der Waals surface area (Å²) < 4.78 is 0. The second kappa shape index (κ2) is 5.60. The number of aromatic amines is 1. The number of amides is 2. The summed E-state index contributed by atoms with van der Waals surface area (Å²) in [6, 6.07) is 8.53. The molecule has 1 atom stereocenters. The molecular formula is C16H20N4O. The minimum Gasteiger partial charge on any atom is -0.334 e. The van der Waals surface area contributed by atoms with Crippen LogP contribution in [0.2, 0.25) is 0 Å². The molecule has 1 aliphatic heterocycles. The Bertz CT molecular complexity index is 649. The van der Waals surface area contributed by atoms with Crippen molar-refractivity contribution < 1.29 is 4.79 Å². The first-order valence-electron chi connectivity index (χ1n) is 7.25. The zero-order chi connectivity index (χ0) is 14.8. The summed E-state index contributed by atoms with van der Waals surface area (Å²) >= 11 is 0. The molecule has 1 unspecified atom stereocenters. The number of nitrogens with zero attached hydrogens (tertiary/aromatic N) is 2. The van der Waals surface area contributed by atoms with E-state index < -0.39 is 0 Å². The highest BCUT2D eigenvalue weighted by atomic mass is 16.2. The number of rotatable bonds is 2. The van der Waals surface area contributed by atoms with Crippen LogP contribution in [0.15, 0.2) is 30.5 Å². The lowest BCUT2D eigenvalue weighted by Gasteiger charge is -2.34. The fourth-order valence-electron chi connectivity index (χ4n) is 2.78. The van der Waals surface area contributed by atoms with Gasteiger partial charge in [0.15, 0.2) is 0 Å². The topological polar surface area (TPSA) is 61.0 Å². The Balaban J connectivity index is 1.66. The predicted octanol–water partition coefficient (Wildman–Crippen LogP) is 2.37. The molecule has 21 heavy (non-hydrogen) atoms. The number of benzene rings is 1. The molecule has 5 nitrogen and oxygen atoms in total. The van der Waals surface area contributed by atoms with Gasteiger partial charge in [-0.1, -0.05) is 24.3 Å². The largest absolute Gasteiger partial charge is 0.334 e. The van der Waals surface area contributed by atoms with E-state index in [1.54, 1.807) is 6.20 Å². The fraction of sp³-hybridized carbons (Fsp3) is 0.375. The Morgan fingerprint density at radius 2 is 2.19 bits per heavy atom. The van der Waals surface area contributed by atoms with Crippen molar-refractivity contribution in [3.8, 4) is 0 Å². The Morgan fingerprint density at radius 3 is 2.90 bits per heavy atom. The normalized spacial score (nSPS) is 17.4. The fourth-order valence-corrected chi connectivity index (χ4v) is 2.78. The molecule has 0 bridgehead atoms. The minimum absolute atomic E-state index is 0.0161. The average molecular weight is 284 g/mol. The van der Waals surface area contributed by atoms with E-state index in [0.717, 1.165) is 17.7 Å². The molecule has 110 valence electrons. The van der Waals surface area contributed by atoms with E-state index >= 15 is 0 Å². The third-order valence-corrected chi connectivity index (χ3v) is 4.13. The van der Waals surface area contributed by atoms with Crippen LogP contribution in [-0.2, 0) is 19.5 Å². The van der Waals surface area contributed by atoms with Gasteiger partial charge in [-0.15, -0.1) is 0 Å². The van der Waals surface area contributed by atoms with Gasteiger partial charge < -0.3 is 10.2 Å². The zero-order valence-corrected chi connectivity index (χ0v) is 12.4. The van der Waals surface area contributed by atoms with Crippen molar-refractivity contribution in [2.75, 3.05) is 0 Å². The van der Waals surface area contributed by atoms with E-state index in [9.17, 15) is 4.79 Å². The van der Waals surface area contributed by atoms with Crippen LogP contribution in [0, 0.1) is 6.92 Å². The van der Waals surface area contributed by atoms with Gasteiger partial charge >= 0.3 is 6.03 Å². The second-order valence-electron chi connectivity index (χ2n) is 5.63. The summed E-state index contributed by atoms with van der Waals surface area (Å²) in [5, 5.41) is 9.83. The first-order valence-corrected chi connectivity index (χ1v) is 7.25. The molecule has 1 aromatic heterocycles. The van der Waals surface area contributed by atoms with Crippen LogP contribution >= 0.6 is 0 Å². The third kappa shape index (κ3) is 2.77. The van der Waals surface area contributed by atoms with Crippen LogP contribution in [0.4, 0.5) is 4.79 Å². The van der Waals surface area contributed by atoms with Crippen LogP contribution in [0.25, 0.3) is 0 Å². The van der Waals surface area contributed by atoms with Crippen LogP contribution in [-0.4, -0.2) is 27.2 Å². The van der Waals surface area contributed by atoms with Crippen molar-refractivity contribution in [1.29, 1.82) is 0 Å². The highest BCUT2D eigenvalue weighted by molar-refractivity contribution is 5.75. The Hall–Kier alpha value is -2.30. The van der Waals surface area contributed by atoms with Crippen LogP contribution in [0.5, 0.6) is 0 Å². The van der Waals surface area contributed by atoms with Gasteiger partial charge in [0.05, 0.1) is 6.20 Å². The average Bonchev–Trinajstić information content (AvgIpc) is 2.89. The van der Waals surface area contributed by atoms with E-state index in [4.69, 9.17) is 0 Å². The number of hydrogen-bond donors (Lipinski definition) is 2. The van der Waals surface area contributed by atoms with E-state index in [1.165, 1.54) is 11.1 Å². The molecule has 3 rings (SSSR count). The number of carbonyl (C=O) groups excluding carboxylic acids is 1. The lowest BCUT2D eigenvalue weighted by atomic mass is 9.95. The van der Waals surface area contributed by atoms with Crippen molar-refractivity contribution in [3.05, 3.63) is 52.8 Å². The molecular weight excluding hydrogens is 264 g/mol. The number of aromatic nitrogens is 2. The molecule has 2 N–H and O–H groups in total. The summed E-state index contributed by atoms with van der Waals surface area (Å²) in [6.07, 6.45) is 2.67. The van der Waals surface area contributed by atoms with Gasteiger partial charge in [-0.2, -0.15) is 5.10 Å². The number of aryl methyl sites for hydroxylation is 1. The lowest BCUT2D eigenvalue weighted by Crippen LogP contribution is -2.47. The van der Waals surface area contributed by atoms with E-state index in [-0.39, 0.29) is 12.1 Å². The monoisotopic (exact) mass is 284 g/mol. The Kier molecular flexibility index (Phi) is 3.64. The van der Waals surface area contributed by atoms with Crippen LogP contribution < -0.4 is 5.32 Å². The molecule has 5 heteroatoms. The maximum Gasteiger partial charge on any atom is 0.318 e. The summed E-state index contributed by atoms with van der Waals surface area (Å²) in [4.78, 5) is 14.3. The number of carbonyl (C=O) groups is 1. The van der Waals surface area contributed by atoms with Gasteiger partial charge in [0.1, 0.15) is 0 Å². The number of hydrogen-bond acceptors (Lipinski definition) is 2. The maximum atomic E-state index is 12.4. The van der Waals surface area contributed by atoms with Crippen molar-refractivity contribution >= 4 is 6.03 Å². The van der Waals surface area contributed by atoms with Crippen molar-refractivity contribution in [1.82, 2.24) is 20.4 Å². The summed E-state index contributed by atoms with van der Waals surface area (Å²) in [5.41, 5.74) is 4.60. The summed E-state index contributed by atoms with van der Waals surface area (Å²) in [7, 11) is 0. The molecule has 1 aliphatic rings. The minimum atomic E-state index is -0.0161. The standard InChI is InChI=1S/C16H20N4O/c1-11-7-13-5-3-4-6-14(13)10-20(11)16(21)17-8-15-9-18-19-12(15)2/h3-6,9,11H,7-8,10H2,1-2H3,(H,17,21)(H,18,19). The van der Waals surface area contributed by atoms with Crippen LogP contribution in [0.1, 0.15) is 29.3 Å². The number of fused-ring (bicyclic) bond motifs is 1. The maximum absolute atomic E-state index is 12.4. The Morgan fingerprint density at radius 1 is 1.43 bits per heavy atom. The van der Waals surface area contributed by atoms with Crippen molar-refractivity contribution in [2.24, 2.45) is 0 Å². The van der Waals surface area contributed by atoms with Gasteiger partial charge in [-0.25, -0.2) is 4.79 Å².